The molecule has 2 rings (SSSR count). The zero-order valence-corrected chi connectivity index (χ0v) is 11.4. The van der Waals surface area contributed by atoms with Crippen molar-refractivity contribution in [1.29, 1.82) is 0 Å². The van der Waals surface area contributed by atoms with Crippen molar-refractivity contribution in [3.05, 3.63) is 35.4 Å². The molecule has 1 fully saturated rings. The van der Waals surface area contributed by atoms with Crippen molar-refractivity contribution >= 4 is 21.8 Å². The summed E-state index contributed by atoms with van der Waals surface area (Å²) >= 11 is 3.44. The molecule has 4 heteroatoms. The van der Waals surface area contributed by atoms with Crippen LogP contribution in [0.1, 0.15) is 15.9 Å². The molecular formula is C13H16BrNO2. The summed E-state index contributed by atoms with van der Waals surface area (Å²) in [5.41, 5.74) is 1.82. The van der Waals surface area contributed by atoms with Gasteiger partial charge in [-0.25, -0.2) is 0 Å². The first-order valence-electron chi connectivity index (χ1n) is 5.74. The number of benzene rings is 1. The van der Waals surface area contributed by atoms with Crippen LogP contribution in [-0.4, -0.2) is 41.9 Å². The minimum absolute atomic E-state index is 0.107. The van der Waals surface area contributed by atoms with Gasteiger partial charge >= 0.3 is 0 Å². The second-order valence-corrected chi connectivity index (χ2v) is 4.84. The predicted molar refractivity (Wildman–Crippen MR) is 70.6 cm³/mol. The Kier molecular flexibility index (Phi) is 4.18. The number of rotatable bonds is 2. The highest BCUT2D eigenvalue weighted by Crippen LogP contribution is 2.16. The van der Waals surface area contributed by atoms with Gasteiger partial charge in [0.05, 0.1) is 19.3 Å². The lowest BCUT2D eigenvalue weighted by atomic mass is 10.1. The Morgan fingerprint density at radius 1 is 1.53 bits per heavy atom. The van der Waals surface area contributed by atoms with Crippen LogP contribution < -0.4 is 0 Å². The van der Waals surface area contributed by atoms with E-state index in [2.05, 4.69) is 15.9 Å². The fraction of sp³-hybridized carbons (Fsp3) is 0.462. The Labute approximate surface area is 110 Å². The molecule has 1 aromatic rings. The molecule has 1 aliphatic rings. The number of morpholine rings is 1. The largest absolute Gasteiger partial charge is 0.377 e. The lowest BCUT2D eigenvalue weighted by Gasteiger charge is -2.35. The molecule has 0 bridgehead atoms. The highest BCUT2D eigenvalue weighted by atomic mass is 79.9. The first-order valence-corrected chi connectivity index (χ1v) is 6.86. The smallest absolute Gasteiger partial charge is 0.254 e. The van der Waals surface area contributed by atoms with E-state index in [1.165, 1.54) is 0 Å². The SMILES string of the molecule is Cc1ccccc1C(=O)N1CCOCC1CBr. The number of ether oxygens (including phenoxy) is 1. The van der Waals surface area contributed by atoms with Crippen LogP contribution >= 0.6 is 15.9 Å². The summed E-state index contributed by atoms with van der Waals surface area (Å²) in [5.74, 6) is 0.107. The maximum atomic E-state index is 12.4. The third-order valence-corrected chi connectivity index (χ3v) is 3.79. The third-order valence-electron chi connectivity index (χ3n) is 3.04. The molecule has 3 nitrogen and oxygen atoms in total. The molecule has 1 unspecified atom stereocenters. The highest BCUT2D eigenvalue weighted by molar-refractivity contribution is 9.09. The summed E-state index contributed by atoms with van der Waals surface area (Å²) in [6.07, 6.45) is 0. The van der Waals surface area contributed by atoms with E-state index < -0.39 is 0 Å². The fourth-order valence-corrected chi connectivity index (χ4v) is 2.55. The first-order chi connectivity index (χ1) is 8.24. The monoisotopic (exact) mass is 297 g/mol. The number of amides is 1. The average Bonchev–Trinajstić information content (AvgIpc) is 2.38. The lowest BCUT2D eigenvalue weighted by molar-refractivity contribution is 0.00521. The van der Waals surface area contributed by atoms with Gasteiger partial charge in [-0.05, 0) is 18.6 Å². The quantitative estimate of drug-likeness (QED) is 0.784. The van der Waals surface area contributed by atoms with Crippen molar-refractivity contribution in [3.8, 4) is 0 Å². The fourth-order valence-electron chi connectivity index (χ4n) is 2.02. The van der Waals surface area contributed by atoms with Gasteiger partial charge in [-0.15, -0.1) is 0 Å². The number of nitrogens with zero attached hydrogens (tertiary/aromatic N) is 1. The third kappa shape index (κ3) is 2.69. The van der Waals surface area contributed by atoms with Gasteiger partial charge in [0, 0.05) is 17.4 Å². The Balaban J connectivity index is 2.21. The number of alkyl halides is 1. The minimum atomic E-state index is 0.107. The van der Waals surface area contributed by atoms with Crippen LogP contribution in [0.15, 0.2) is 24.3 Å². The van der Waals surface area contributed by atoms with E-state index in [1.807, 2.05) is 36.1 Å². The van der Waals surface area contributed by atoms with E-state index in [0.29, 0.717) is 19.8 Å². The number of hydrogen-bond donors (Lipinski definition) is 0. The number of carbonyl (C=O) groups excluding carboxylic acids is 1. The van der Waals surface area contributed by atoms with Crippen LogP contribution in [0.2, 0.25) is 0 Å². The van der Waals surface area contributed by atoms with Gasteiger partial charge in [0.25, 0.3) is 5.91 Å². The molecule has 1 aromatic carbocycles. The number of carbonyl (C=O) groups is 1. The molecule has 17 heavy (non-hydrogen) atoms. The number of hydrogen-bond acceptors (Lipinski definition) is 2. The molecule has 0 radical (unpaired) electrons. The van der Waals surface area contributed by atoms with Gasteiger partial charge in [-0.1, -0.05) is 34.1 Å². The summed E-state index contributed by atoms with van der Waals surface area (Å²) in [5, 5.41) is 0.755. The Bertz CT molecular complexity index is 408. The number of halogens is 1. The zero-order valence-electron chi connectivity index (χ0n) is 9.86. The summed E-state index contributed by atoms with van der Waals surface area (Å²) < 4.78 is 5.40. The molecule has 0 aliphatic carbocycles. The topological polar surface area (TPSA) is 29.5 Å². The second-order valence-electron chi connectivity index (χ2n) is 4.20. The van der Waals surface area contributed by atoms with Crippen molar-refractivity contribution < 1.29 is 9.53 Å². The van der Waals surface area contributed by atoms with Gasteiger partial charge in [0.2, 0.25) is 0 Å². The molecule has 1 amide bonds. The summed E-state index contributed by atoms with van der Waals surface area (Å²) in [7, 11) is 0. The minimum Gasteiger partial charge on any atom is -0.377 e. The molecule has 0 spiro atoms. The van der Waals surface area contributed by atoms with Crippen molar-refractivity contribution in [2.45, 2.75) is 13.0 Å². The molecule has 1 heterocycles. The number of aryl methyl sites for hydroxylation is 1. The van der Waals surface area contributed by atoms with E-state index in [0.717, 1.165) is 16.5 Å². The van der Waals surface area contributed by atoms with Crippen LogP contribution in [-0.2, 0) is 4.74 Å². The van der Waals surface area contributed by atoms with Crippen molar-refractivity contribution in [3.63, 3.8) is 0 Å². The molecule has 0 aromatic heterocycles. The summed E-state index contributed by atoms with van der Waals surface area (Å²) in [6.45, 7) is 3.88. The van der Waals surface area contributed by atoms with E-state index in [-0.39, 0.29) is 11.9 Å². The lowest BCUT2D eigenvalue weighted by Crippen LogP contribution is -2.49. The van der Waals surface area contributed by atoms with Crippen molar-refractivity contribution in [1.82, 2.24) is 4.90 Å². The molecule has 1 atom stereocenters. The standard InChI is InChI=1S/C13H16BrNO2/c1-10-4-2-3-5-12(10)13(16)15-6-7-17-9-11(15)8-14/h2-5,11H,6-9H2,1H3. The molecule has 0 saturated carbocycles. The van der Waals surface area contributed by atoms with E-state index >= 15 is 0 Å². The van der Waals surface area contributed by atoms with E-state index in [9.17, 15) is 4.79 Å². The summed E-state index contributed by atoms with van der Waals surface area (Å²) in [4.78, 5) is 14.3. The Hall–Kier alpha value is -0.870. The summed E-state index contributed by atoms with van der Waals surface area (Å²) in [6, 6.07) is 7.85. The molecule has 1 aliphatic heterocycles. The van der Waals surface area contributed by atoms with Crippen LogP contribution in [0.4, 0.5) is 0 Å². The van der Waals surface area contributed by atoms with Crippen molar-refractivity contribution in [2.24, 2.45) is 0 Å². The molecule has 1 saturated heterocycles. The van der Waals surface area contributed by atoms with Crippen LogP contribution in [0.25, 0.3) is 0 Å². The molecular weight excluding hydrogens is 282 g/mol. The first kappa shape index (κ1) is 12.6. The van der Waals surface area contributed by atoms with Gasteiger partial charge in [-0.3, -0.25) is 4.79 Å². The van der Waals surface area contributed by atoms with Gasteiger partial charge in [0.15, 0.2) is 0 Å². The highest BCUT2D eigenvalue weighted by Gasteiger charge is 2.27. The van der Waals surface area contributed by atoms with Gasteiger partial charge < -0.3 is 9.64 Å². The van der Waals surface area contributed by atoms with E-state index in [1.54, 1.807) is 0 Å². The normalized spacial score (nSPS) is 20.4. The Morgan fingerprint density at radius 3 is 3.00 bits per heavy atom. The van der Waals surface area contributed by atoms with Crippen molar-refractivity contribution in [2.75, 3.05) is 25.1 Å². The van der Waals surface area contributed by atoms with Crippen LogP contribution in [0.5, 0.6) is 0 Å². The average molecular weight is 298 g/mol. The Morgan fingerprint density at radius 2 is 2.29 bits per heavy atom. The predicted octanol–water partition coefficient (Wildman–Crippen LogP) is 2.23. The van der Waals surface area contributed by atoms with E-state index in [4.69, 9.17) is 4.74 Å². The molecule has 0 N–H and O–H groups in total. The maximum absolute atomic E-state index is 12.4. The van der Waals surface area contributed by atoms with Crippen LogP contribution in [0.3, 0.4) is 0 Å². The van der Waals surface area contributed by atoms with Gasteiger partial charge in [-0.2, -0.15) is 0 Å². The van der Waals surface area contributed by atoms with Crippen LogP contribution in [0, 0.1) is 6.92 Å². The zero-order chi connectivity index (χ0) is 12.3. The van der Waals surface area contributed by atoms with Gasteiger partial charge in [0.1, 0.15) is 0 Å². The second kappa shape index (κ2) is 5.65. The maximum Gasteiger partial charge on any atom is 0.254 e. The molecule has 92 valence electrons.